The van der Waals surface area contributed by atoms with Gasteiger partial charge >= 0.3 is 11.9 Å². The molecule has 0 saturated heterocycles. The third kappa shape index (κ3) is 17.8. The minimum absolute atomic E-state index is 0.0721. The lowest BCUT2D eigenvalue weighted by molar-refractivity contribution is -0.153. The molecule has 0 aliphatic rings. The Morgan fingerprint density at radius 1 is 0.731 bits per heavy atom. The van der Waals surface area contributed by atoms with Gasteiger partial charge in [-0.05, 0) is 19.3 Å². The van der Waals surface area contributed by atoms with Gasteiger partial charge in [-0.2, -0.15) is 0 Å². The van der Waals surface area contributed by atoms with Gasteiger partial charge in [0.1, 0.15) is 6.10 Å². The lowest BCUT2D eigenvalue weighted by Gasteiger charge is -2.16. The summed E-state index contributed by atoms with van der Waals surface area (Å²) in [7, 11) is 0. The number of esters is 1. The molecule has 0 bridgehead atoms. The maximum atomic E-state index is 12.0. The molecule has 0 spiro atoms. The molecule has 154 valence electrons. The van der Waals surface area contributed by atoms with Crippen molar-refractivity contribution in [1.82, 2.24) is 0 Å². The Bertz CT molecular complexity index is 341. The van der Waals surface area contributed by atoms with E-state index in [1.165, 1.54) is 64.2 Å². The summed E-state index contributed by atoms with van der Waals surface area (Å²) in [5.74, 6) is -1.12. The van der Waals surface area contributed by atoms with E-state index in [9.17, 15) is 9.59 Å². The Morgan fingerprint density at radius 3 is 1.69 bits per heavy atom. The molecule has 1 atom stereocenters. The van der Waals surface area contributed by atoms with Crippen molar-refractivity contribution in [3.8, 4) is 0 Å². The van der Waals surface area contributed by atoms with Gasteiger partial charge in [0.05, 0.1) is 6.42 Å². The van der Waals surface area contributed by atoms with Crippen LogP contribution in [0.1, 0.15) is 123 Å². The maximum absolute atomic E-state index is 12.0. The Morgan fingerprint density at radius 2 is 1.19 bits per heavy atom. The highest BCUT2D eigenvalue weighted by Crippen LogP contribution is 2.15. The number of hydrogen-bond acceptors (Lipinski definition) is 3. The van der Waals surface area contributed by atoms with Crippen LogP contribution >= 0.6 is 0 Å². The molecule has 4 heteroatoms. The summed E-state index contributed by atoms with van der Waals surface area (Å²) >= 11 is 0. The molecule has 0 aliphatic heterocycles. The Kier molecular flexibility index (Phi) is 18.0. The molecule has 0 radical (unpaired) electrons. The van der Waals surface area contributed by atoms with Gasteiger partial charge in [-0.15, -0.1) is 0 Å². The molecule has 0 heterocycles. The zero-order chi connectivity index (χ0) is 19.5. The van der Waals surface area contributed by atoms with Gasteiger partial charge in [0.25, 0.3) is 0 Å². The summed E-state index contributed by atoms with van der Waals surface area (Å²) < 4.78 is 5.42. The van der Waals surface area contributed by atoms with Gasteiger partial charge in [0, 0.05) is 6.42 Å². The average Bonchev–Trinajstić information content (AvgIpc) is 2.59. The average molecular weight is 371 g/mol. The van der Waals surface area contributed by atoms with Crippen LogP contribution in [0.5, 0.6) is 0 Å². The molecule has 4 nitrogen and oxygen atoms in total. The Labute approximate surface area is 161 Å². The summed E-state index contributed by atoms with van der Waals surface area (Å²) in [4.78, 5) is 22.9. The van der Waals surface area contributed by atoms with E-state index >= 15 is 0 Å². The summed E-state index contributed by atoms with van der Waals surface area (Å²) in [5.41, 5.74) is 0. The molecule has 0 rings (SSSR count). The number of carbonyl (C=O) groups is 2. The van der Waals surface area contributed by atoms with Crippen molar-refractivity contribution in [2.45, 2.75) is 129 Å². The third-order valence-corrected chi connectivity index (χ3v) is 4.81. The second-order valence-electron chi connectivity index (χ2n) is 7.49. The molecule has 0 aromatic carbocycles. The van der Waals surface area contributed by atoms with Gasteiger partial charge in [-0.25, -0.2) is 0 Å². The fraction of sp³-hybridized carbons (Fsp3) is 0.909. The molecule has 0 amide bonds. The van der Waals surface area contributed by atoms with Crippen molar-refractivity contribution in [1.29, 1.82) is 0 Å². The minimum atomic E-state index is -0.889. The van der Waals surface area contributed by atoms with Crippen LogP contribution in [0.2, 0.25) is 0 Å². The summed E-state index contributed by atoms with van der Waals surface area (Å²) in [6, 6.07) is 0. The van der Waals surface area contributed by atoms with Gasteiger partial charge in [0.15, 0.2) is 0 Å². The maximum Gasteiger partial charge on any atom is 0.307 e. The van der Waals surface area contributed by atoms with Gasteiger partial charge in [-0.3, -0.25) is 9.59 Å². The largest absolute Gasteiger partial charge is 0.481 e. The standard InChI is InChI=1S/C22H42O4/c1-3-5-7-9-10-11-12-14-16-18-22(25)26-20(19-21(23)24)17-15-13-8-6-4-2/h20H,3-19H2,1-2H3,(H,23,24). The number of ether oxygens (including phenoxy) is 1. The molecule has 26 heavy (non-hydrogen) atoms. The van der Waals surface area contributed by atoms with Crippen LogP contribution in [0.4, 0.5) is 0 Å². The summed E-state index contributed by atoms with van der Waals surface area (Å²) in [6.07, 6.45) is 17.0. The zero-order valence-electron chi connectivity index (χ0n) is 17.3. The molecule has 0 aromatic heterocycles. The van der Waals surface area contributed by atoms with Crippen LogP contribution in [-0.2, 0) is 14.3 Å². The number of hydrogen-bond donors (Lipinski definition) is 1. The first-order chi connectivity index (χ1) is 12.6. The second kappa shape index (κ2) is 18.7. The fourth-order valence-electron chi connectivity index (χ4n) is 3.20. The summed E-state index contributed by atoms with van der Waals surface area (Å²) in [6.45, 7) is 4.40. The highest BCUT2D eigenvalue weighted by atomic mass is 16.5. The van der Waals surface area contributed by atoms with Crippen LogP contribution in [0.15, 0.2) is 0 Å². The predicted molar refractivity (Wildman–Crippen MR) is 107 cm³/mol. The minimum Gasteiger partial charge on any atom is -0.481 e. The number of unbranched alkanes of at least 4 members (excludes halogenated alkanes) is 12. The quantitative estimate of drug-likeness (QED) is 0.204. The Hall–Kier alpha value is -1.06. The molecular weight excluding hydrogens is 328 g/mol. The molecule has 1 N–H and O–H groups in total. The first-order valence-corrected chi connectivity index (χ1v) is 11.0. The van der Waals surface area contributed by atoms with E-state index < -0.39 is 12.1 Å². The van der Waals surface area contributed by atoms with E-state index in [0.29, 0.717) is 12.8 Å². The van der Waals surface area contributed by atoms with E-state index in [0.717, 1.165) is 25.7 Å². The number of aliphatic carboxylic acids is 1. The van der Waals surface area contributed by atoms with E-state index in [2.05, 4.69) is 13.8 Å². The SMILES string of the molecule is CCCCCCCCCCCC(=O)OC(CCCCCCC)CC(=O)O. The molecule has 0 aromatic rings. The molecule has 1 unspecified atom stereocenters. The van der Waals surface area contributed by atoms with Crippen molar-refractivity contribution >= 4 is 11.9 Å². The molecule has 0 aliphatic carbocycles. The molecule has 0 saturated carbocycles. The lowest BCUT2D eigenvalue weighted by atomic mass is 10.1. The third-order valence-electron chi connectivity index (χ3n) is 4.81. The van der Waals surface area contributed by atoms with Crippen molar-refractivity contribution in [3.63, 3.8) is 0 Å². The fourth-order valence-corrected chi connectivity index (χ4v) is 3.20. The van der Waals surface area contributed by atoms with Crippen molar-refractivity contribution < 1.29 is 19.4 Å². The number of rotatable bonds is 19. The van der Waals surface area contributed by atoms with Gasteiger partial charge in [-0.1, -0.05) is 90.9 Å². The van der Waals surface area contributed by atoms with Crippen molar-refractivity contribution in [3.05, 3.63) is 0 Å². The van der Waals surface area contributed by atoms with Crippen LogP contribution < -0.4 is 0 Å². The number of carbonyl (C=O) groups excluding carboxylic acids is 1. The monoisotopic (exact) mass is 370 g/mol. The van der Waals surface area contributed by atoms with Crippen LogP contribution in [0, 0.1) is 0 Å². The van der Waals surface area contributed by atoms with Crippen LogP contribution in [0.3, 0.4) is 0 Å². The van der Waals surface area contributed by atoms with E-state index in [1.54, 1.807) is 0 Å². The highest BCUT2D eigenvalue weighted by Gasteiger charge is 2.17. The summed E-state index contributed by atoms with van der Waals surface area (Å²) in [5, 5.41) is 9.00. The highest BCUT2D eigenvalue weighted by molar-refractivity contribution is 5.71. The van der Waals surface area contributed by atoms with Gasteiger partial charge in [0.2, 0.25) is 0 Å². The Balaban J connectivity index is 3.76. The lowest BCUT2D eigenvalue weighted by Crippen LogP contribution is -2.21. The topological polar surface area (TPSA) is 63.6 Å². The van der Waals surface area contributed by atoms with Crippen LogP contribution in [-0.4, -0.2) is 23.1 Å². The number of carboxylic acid groups (broad SMARTS) is 1. The van der Waals surface area contributed by atoms with E-state index in [4.69, 9.17) is 9.84 Å². The molecular formula is C22H42O4. The molecule has 0 fully saturated rings. The normalized spacial score (nSPS) is 12.1. The van der Waals surface area contributed by atoms with E-state index in [1.807, 2.05) is 0 Å². The van der Waals surface area contributed by atoms with Crippen LogP contribution in [0.25, 0.3) is 0 Å². The predicted octanol–water partition coefficient (Wildman–Crippen LogP) is 6.65. The van der Waals surface area contributed by atoms with Crippen molar-refractivity contribution in [2.75, 3.05) is 0 Å². The smallest absolute Gasteiger partial charge is 0.307 e. The van der Waals surface area contributed by atoms with E-state index in [-0.39, 0.29) is 12.4 Å². The van der Waals surface area contributed by atoms with Crippen molar-refractivity contribution in [2.24, 2.45) is 0 Å². The second-order valence-corrected chi connectivity index (χ2v) is 7.49. The number of carboxylic acids is 1. The first kappa shape index (κ1) is 24.9. The van der Waals surface area contributed by atoms with Gasteiger partial charge < -0.3 is 9.84 Å². The zero-order valence-corrected chi connectivity index (χ0v) is 17.3. The first-order valence-electron chi connectivity index (χ1n) is 11.0.